The summed E-state index contributed by atoms with van der Waals surface area (Å²) < 4.78 is 16.7. The zero-order valence-electron chi connectivity index (χ0n) is 21.4. The van der Waals surface area contributed by atoms with Gasteiger partial charge in [0.05, 0.1) is 31.5 Å². The van der Waals surface area contributed by atoms with E-state index in [1.54, 1.807) is 19.1 Å². The summed E-state index contributed by atoms with van der Waals surface area (Å²) in [4.78, 5) is 19.9. The van der Waals surface area contributed by atoms with Crippen LogP contribution >= 0.6 is 0 Å². The van der Waals surface area contributed by atoms with Crippen molar-refractivity contribution in [2.24, 2.45) is 0 Å². The maximum absolute atomic E-state index is 13.6. The van der Waals surface area contributed by atoms with Gasteiger partial charge in [-0.3, -0.25) is 4.90 Å². The number of ether oxygens (including phenoxy) is 2. The summed E-state index contributed by atoms with van der Waals surface area (Å²) in [6.07, 6.45) is 0. The molecule has 0 bridgehead atoms. The summed E-state index contributed by atoms with van der Waals surface area (Å²) in [5, 5.41) is 7.38. The van der Waals surface area contributed by atoms with Crippen LogP contribution in [0.5, 0.6) is 11.5 Å². The molecule has 1 aromatic heterocycles. The number of allylic oxidation sites excluding steroid dienone is 1. The lowest BCUT2D eigenvalue weighted by Gasteiger charge is -2.35. The minimum Gasteiger partial charge on any atom is -0.493 e. The minimum atomic E-state index is -0.557. The highest BCUT2D eigenvalue weighted by atomic mass is 16.5. The van der Waals surface area contributed by atoms with Gasteiger partial charge in [0.25, 0.3) is 5.89 Å². The van der Waals surface area contributed by atoms with E-state index >= 15 is 0 Å². The van der Waals surface area contributed by atoms with Gasteiger partial charge in [-0.15, -0.1) is 0 Å². The number of aromatic nitrogens is 2. The number of hydrogen-bond acceptors (Lipinski definition) is 6. The Balaban J connectivity index is 1.68. The minimum absolute atomic E-state index is 0.256. The molecule has 1 atom stereocenters. The molecule has 3 aromatic carbocycles. The second-order valence-electron chi connectivity index (χ2n) is 8.97. The molecule has 8 nitrogen and oxygen atoms in total. The zero-order valence-corrected chi connectivity index (χ0v) is 21.4. The smallest absolute Gasteiger partial charge is 0.326 e. The summed E-state index contributed by atoms with van der Waals surface area (Å²) >= 11 is 0. The Morgan fingerprint density at radius 1 is 0.892 bits per heavy atom. The molecule has 1 unspecified atom stereocenters. The number of nitrogens with zero attached hydrogens (tertiary/aromatic N) is 3. The highest BCUT2D eigenvalue weighted by Crippen LogP contribution is 2.41. The summed E-state index contributed by atoms with van der Waals surface area (Å²) in [6.45, 7) is 5.91. The second-order valence-corrected chi connectivity index (χ2v) is 8.97. The van der Waals surface area contributed by atoms with Crippen molar-refractivity contribution in [3.8, 4) is 22.9 Å². The SMILES string of the molecule is COc1ccc(C2NC(=O)N(c3cc(C)cc(C)c3)C(C)=C2c2nc(-c3ccccc3)no2)cc1OC. The van der Waals surface area contributed by atoms with Crippen molar-refractivity contribution < 1.29 is 18.8 Å². The number of nitrogens with one attached hydrogen (secondary N) is 1. The number of carbonyl (C=O) groups is 1. The first-order chi connectivity index (χ1) is 17.9. The largest absolute Gasteiger partial charge is 0.493 e. The lowest BCUT2D eigenvalue weighted by molar-refractivity contribution is 0.244. The summed E-state index contributed by atoms with van der Waals surface area (Å²) in [5.41, 5.74) is 5.90. The lowest BCUT2D eigenvalue weighted by Crippen LogP contribution is -2.46. The fourth-order valence-corrected chi connectivity index (χ4v) is 4.73. The van der Waals surface area contributed by atoms with Crippen LogP contribution in [0.3, 0.4) is 0 Å². The molecule has 8 heteroatoms. The van der Waals surface area contributed by atoms with E-state index in [0.717, 1.165) is 27.9 Å². The number of methoxy groups -OCH3 is 2. The molecule has 1 aliphatic rings. The van der Waals surface area contributed by atoms with E-state index in [1.165, 1.54) is 0 Å². The van der Waals surface area contributed by atoms with Crippen LogP contribution in [0.25, 0.3) is 17.0 Å². The van der Waals surface area contributed by atoms with Crippen LogP contribution in [0.15, 0.2) is 77.0 Å². The predicted molar refractivity (Wildman–Crippen MR) is 142 cm³/mol. The number of anilines is 1. The van der Waals surface area contributed by atoms with Crippen molar-refractivity contribution in [3.05, 3.63) is 95.0 Å². The van der Waals surface area contributed by atoms with Crippen LogP contribution in [0.1, 0.15) is 35.5 Å². The molecule has 0 aliphatic carbocycles. The normalized spacial score (nSPS) is 15.5. The van der Waals surface area contributed by atoms with Gasteiger partial charge in [0.15, 0.2) is 11.5 Å². The molecule has 0 fully saturated rings. The second kappa shape index (κ2) is 9.81. The summed E-state index contributed by atoms with van der Waals surface area (Å²) in [6, 6.07) is 20.4. The number of carbonyl (C=O) groups excluding carboxylic acids is 1. The number of benzene rings is 3. The Hall–Kier alpha value is -4.59. The average molecular weight is 497 g/mol. The van der Waals surface area contributed by atoms with Crippen molar-refractivity contribution in [2.45, 2.75) is 26.8 Å². The van der Waals surface area contributed by atoms with Gasteiger partial charge in [-0.1, -0.05) is 47.6 Å². The van der Waals surface area contributed by atoms with E-state index in [-0.39, 0.29) is 6.03 Å². The molecular weight excluding hydrogens is 468 g/mol. The van der Waals surface area contributed by atoms with E-state index < -0.39 is 6.04 Å². The Morgan fingerprint density at radius 2 is 1.59 bits per heavy atom. The van der Waals surface area contributed by atoms with Crippen molar-refractivity contribution in [2.75, 3.05) is 19.1 Å². The highest BCUT2D eigenvalue weighted by molar-refractivity contribution is 6.01. The van der Waals surface area contributed by atoms with Gasteiger partial charge < -0.3 is 19.3 Å². The number of urea groups is 1. The molecule has 2 amide bonds. The van der Waals surface area contributed by atoms with Crippen LogP contribution < -0.4 is 19.7 Å². The third kappa shape index (κ3) is 4.53. The van der Waals surface area contributed by atoms with Crippen LogP contribution in [0, 0.1) is 13.8 Å². The fourth-order valence-electron chi connectivity index (χ4n) is 4.73. The Labute approximate surface area is 215 Å². The highest BCUT2D eigenvalue weighted by Gasteiger charge is 2.37. The van der Waals surface area contributed by atoms with Crippen molar-refractivity contribution in [1.29, 1.82) is 0 Å². The quantitative estimate of drug-likeness (QED) is 0.348. The van der Waals surface area contributed by atoms with E-state index in [0.29, 0.717) is 34.5 Å². The van der Waals surface area contributed by atoms with Gasteiger partial charge >= 0.3 is 6.03 Å². The van der Waals surface area contributed by atoms with Gasteiger partial charge in [-0.2, -0.15) is 4.98 Å². The van der Waals surface area contributed by atoms with Crippen LogP contribution in [-0.4, -0.2) is 30.4 Å². The number of amides is 2. The number of hydrogen-bond donors (Lipinski definition) is 1. The Kier molecular flexibility index (Phi) is 6.40. The van der Waals surface area contributed by atoms with Gasteiger partial charge in [-0.25, -0.2) is 4.79 Å². The summed E-state index contributed by atoms with van der Waals surface area (Å²) in [7, 11) is 3.16. The molecule has 2 heterocycles. The average Bonchev–Trinajstić information content (AvgIpc) is 3.37. The van der Waals surface area contributed by atoms with Gasteiger partial charge in [-0.05, 0) is 61.7 Å². The fraction of sp³-hybridized carbons (Fsp3) is 0.207. The third-order valence-corrected chi connectivity index (χ3v) is 6.38. The van der Waals surface area contributed by atoms with Crippen LogP contribution in [0.4, 0.5) is 10.5 Å². The van der Waals surface area contributed by atoms with Gasteiger partial charge in [0.2, 0.25) is 5.82 Å². The molecule has 5 rings (SSSR count). The van der Waals surface area contributed by atoms with Crippen LogP contribution in [0.2, 0.25) is 0 Å². The maximum atomic E-state index is 13.6. The molecule has 4 aromatic rings. The lowest BCUT2D eigenvalue weighted by atomic mass is 9.94. The van der Waals surface area contributed by atoms with Crippen molar-refractivity contribution in [1.82, 2.24) is 15.5 Å². The molecule has 0 spiro atoms. The molecule has 0 saturated carbocycles. The van der Waals surface area contributed by atoms with E-state index in [2.05, 4.69) is 16.5 Å². The Bertz CT molecular complexity index is 1470. The molecule has 37 heavy (non-hydrogen) atoms. The van der Waals surface area contributed by atoms with E-state index in [4.69, 9.17) is 19.0 Å². The van der Waals surface area contributed by atoms with Gasteiger partial charge in [0.1, 0.15) is 0 Å². The summed E-state index contributed by atoms with van der Waals surface area (Å²) in [5.74, 6) is 1.94. The molecule has 0 radical (unpaired) electrons. The zero-order chi connectivity index (χ0) is 26.1. The first-order valence-electron chi connectivity index (χ1n) is 11.9. The first-order valence-corrected chi connectivity index (χ1v) is 11.9. The maximum Gasteiger partial charge on any atom is 0.326 e. The topological polar surface area (TPSA) is 89.7 Å². The standard InChI is InChI=1S/C29H28N4O4/c1-17-13-18(2)15-22(14-17)33-19(3)25(28-31-27(32-37-28)20-9-7-6-8-10-20)26(30-29(33)34)21-11-12-23(35-4)24(16-21)36-5/h6-16,26H,1-5H3,(H,30,34). The predicted octanol–water partition coefficient (Wildman–Crippen LogP) is 6.07. The number of rotatable bonds is 6. The van der Waals surface area contributed by atoms with Crippen LogP contribution in [-0.2, 0) is 0 Å². The first kappa shape index (κ1) is 24.1. The molecule has 1 aliphatic heterocycles. The van der Waals surface area contributed by atoms with E-state index in [9.17, 15) is 4.79 Å². The van der Waals surface area contributed by atoms with Gasteiger partial charge in [0, 0.05) is 11.3 Å². The van der Waals surface area contributed by atoms with Crippen molar-refractivity contribution >= 4 is 17.3 Å². The number of aryl methyl sites for hydroxylation is 2. The molecule has 0 saturated heterocycles. The Morgan fingerprint density at radius 3 is 2.27 bits per heavy atom. The van der Waals surface area contributed by atoms with E-state index in [1.807, 2.05) is 81.4 Å². The molecule has 1 N–H and O–H groups in total. The monoisotopic (exact) mass is 496 g/mol. The third-order valence-electron chi connectivity index (χ3n) is 6.38. The molecular formula is C29H28N4O4. The van der Waals surface area contributed by atoms with Crippen molar-refractivity contribution in [3.63, 3.8) is 0 Å². The molecule has 188 valence electrons.